The first-order chi connectivity index (χ1) is 10.3. The molecular formula is C17H20N4. The smallest absolute Gasteiger partial charge is 0.102 e. The van der Waals surface area contributed by atoms with Crippen molar-refractivity contribution in [2.24, 2.45) is 5.92 Å². The van der Waals surface area contributed by atoms with E-state index in [0.717, 1.165) is 48.7 Å². The van der Waals surface area contributed by atoms with Gasteiger partial charge in [0.1, 0.15) is 6.07 Å². The summed E-state index contributed by atoms with van der Waals surface area (Å²) >= 11 is 0. The molecule has 2 atom stereocenters. The Hall–Kier alpha value is -1.83. The van der Waals surface area contributed by atoms with Crippen molar-refractivity contribution in [2.75, 3.05) is 19.6 Å². The zero-order chi connectivity index (χ0) is 14.2. The fraction of sp³-hybridized carbons (Fsp3) is 0.471. The van der Waals surface area contributed by atoms with Crippen LogP contribution in [0, 0.1) is 17.2 Å². The van der Waals surface area contributed by atoms with Gasteiger partial charge >= 0.3 is 0 Å². The summed E-state index contributed by atoms with van der Waals surface area (Å²) in [7, 11) is 0. The van der Waals surface area contributed by atoms with Crippen LogP contribution in [0.5, 0.6) is 0 Å². The molecule has 4 rings (SSSR count). The Bertz CT molecular complexity index is 682. The SMILES string of the molecule is N#Cc1c(CN2C[C@@H]3CCCN[C@@H]3C2)cn2ccccc12. The highest BCUT2D eigenvalue weighted by Crippen LogP contribution is 2.27. The number of fused-ring (bicyclic) bond motifs is 2. The van der Waals surface area contributed by atoms with Crippen molar-refractivity contribution in [1.82, 2.24) is 14.6 Å². The van der Waals surface area contributed by atoms with E-state index in [1.54, 1.807) is 0 Å². The Morgan fingerprint density at radius 2 is 2.29 bits per heavy atom. The third kappa shape index (κ3) is 2.23. The maximum atomic E-state index is 9.49. The van der Waals surface area contributed by atoms with Gasteiger partial charge in [0.05, 0.1) is 11.1 Å². The largest absolute Gasteiger partial charge is 0.322 e. The van der Waals surface area contributed by atoms with Gasteiger partial charge < -0.3 is 9.72 Å². The number of hydrogen-bond acceptors (Lipinski definition) is 3. The van der Waals surface area contributed by atoms with Crippen LogP contribution in [-0.2, 0) is 6.54 Å². The first-order valence-electron chi connectivity index (χ1n) is 7.79. The monoisotopic (exact) mass is 280 g/mol. The number of pyridine rings is 1. The van der Waals surface area contributed by atoms with Gasteiger partial charge in [-0.25, -0.2) is 0 Å². The van der Waals surface area contributed by atoms with Crippen molar-refractivity contribution in [1.29, 1.82) is 5.26 Å². The highest BCUT2D eigenvalue weighted by Gasteiger charge is 2.34. The molecule has 2 saturated heterocycles. The van der Waals surface area contributed by atoms with E-state index < -0.39 is 0 Å². The first-order valence-corrected chi connectivity index (χ1v) is 7.79. The summed E-state index contributed by atoms with van der Waals surface area (Å²) in [5.74, 6) is 0.793. The second-order valence-electron chi connectivity index (χ2n) is 6.29. The Labute approximate surface area is 125 Å². The van der Waals surface area contributed by atoms with Crippen molar-refractivity contribution < 1.29 is 0 Å². The average molecular weight is 280 g/mol. The standard InChI is InChI=1S/C17H20N4/c18-8-15-14(11-21-7-2-1-5-17(15)21)10-20-9-13-4-3-6-19-16(13)12-20/h1-2,5,7,11,13,16,19H,3-4,6,9-10,12H2/t13-,16+/m0/s1. The van der Waals surface area contributed by atoms with E-state index in [1.165, 1.54) is 12.8 Å². The Balaban J connectivity index is 1.59. The number of aromatic nitrogens is 1. The summed E-state index contributed by atoms with van der Waals surface area (Å²) in [4.78, 5) is 2.50. The van der Waals surface area contributed by atoms with E-state index in [1.807, 2.05) is 24.4 Å². The maximum absolute atomic E-state index is 9.49. The van der Waals surface area contributed by atoms with Crippen LogP contribution in [0.2, 0.25) is 0 Å². The van der Waals surface area contributed by atoms with E-state index in [9.17, 15) is 5.26 Å². The molecule has 4 heteroatoms. The summed E-state index contributed by atoms with van der Waals surface area (Å²) in [5.41, 5.74) is 3.01. The molecule has 2 aliphatic rings. The molecule has 4 heterocycles. The van der Waals surface area contributed by atoms with Gasteiger partial charge in [-0.1, -0.05) is 6.07 Å². The average Bonchev–Trinajstić information content (AvgIpc) is 3.06. The fourth-order valence-corrected chi connectivity index (χ4v) is 3.93. The molecule has 2 aromatic heterocycles. The van der Waals surface area contributed by atoms with Gasteiger partial charge in [0, 0.05) is 43.6 Å². The molecule has 4 nitrogen and oxygen atoms in total. The first kappa shape index (κ1) is 12.9. The summed E-state index contributed by atoms with van der Waals surface area (Å²) in [6.45, 7) is 4.32. The summed E-state index contributed by atoms with van der Waals surface area (Å²) < 4.78 is 2.06. The molecule has 21 heavy (non-hydrogen) atoms. The van der Waals surface area contributed by atoms with Crippen LogP contribution in [0.15, 0.2) is 30.6 Å². The number of nitrogens with one attached hydrogen (secondary N) is 1. The zero-order valence-corrected chi connectivity index (χ0v) is 12.1. The molecule has 0 radical (unpaired) electrons. The van der Waals surface area contributed by atoms with Gasteiger partial charge in [-0.2, -0.15) is 5.26 Å². The minimum atomic E-state index is 0.654. The Morgan fingerprint density at radius 1 is 1.33 bits per heavy atom. The summed E-state index contributed by atoms with van der Waals surface area (Å²) in [6, 6.07) is 9.07. The second kappa shape index (κ2) is 5.18. The predicted octanol–water partition coefficient (Wildman–Crippen LogP) is 1.99. The molecule has 2 aromatic rings. The third-order valence-electron chi connectivity index (χ3n) is 4.94. The number of nitriles is 1. The van der Waals surface area contributed by atoms with Crippen molar-refractivity contribution in [2.45, 2.75) is 25.4 Å². The number of likely N-dealkylation sites (tertiary alicyclic amines) is 1. The van der Waals surface area contributed by atoms with Gasteiger partial charge in [-0.05, 0) is 37.4 Å². The number of nitrogens with zero attached hydrogens (tertiary/aromatic N) is 3. The summed E-state index contributed by atoms with van der Waals surface area (Å²) in [5, 5.41) is 13.1. The van der Waals surface area contributed by atoms with Crippen molar-refractivity contribution >= 4 is 5.52 Å². The maximum Gasteiger partial charge on any atom is 0.102 e. The molecular weight excluding hydrogens is 260 g/mol. The minimum absolute atomic E-state index is 0.654. The molecule has 108 valence electrons. The van der Waals surface area contributed by atoms with Gasteiger partial charge in [-0.15, -0.1) is 0 Å². The lowest BCUT2D eigenvalue weighted by Crippen LogP contribution is -2.40. The molecule has 0 bridgehead atoms. The number of rotatable bonds is 2. The second-order valence-corrected chi connectivity index (χ2v) is 6.29. The van der Waals surface area contributed by atoms with Crippen molar-refractivity contribution in [3.05, 3.63) is 41.7 Å². The Morgan fingerprint density at radius 3 is 3.14 bits per heavy atom. The summed E-state index contributed by atoms with van der Waals surface area (Å²) in [6.07, 6.45) is 6.78. The van der Waals surface area contributed by atoms with Crippen molar-refractivity contribution in [3.63, 3.8) is 0 Å². The van der Waals surface area contributed by atoms with Crippen LogP contribution in [-0.4, -0.2) is 35.0 Å². The lowest BCUT2D eigenvalue weighted by molar-refractivity contribution is 0.312. The zero-order valence-electron chi connectivity index (χ0n) is 12.1. The van der Waals surface area contributed by atoms with Crippen LogP contribution in [0.3, 0.4) is 0 Å². The molecule has 1 N–H and O–H groups in total. The lowest BCUT2D eigenvalue weighted by atomic mass is 9.94. The van der Waals surface area contributed by atoms with Gasteiger partial charge in [0.2, 0.25) is 0 Å². The van der Waals surface area contributed by atoms with E-state index in [4.69, 9.17) is 0 Å². The van der Waals surface area contributed by atoms with Crippen molar-refractivity contribution in [3.8, 4) is 6.07 Å². The molecule has 0 saturated carbocycles. The molecule has 0 spiro atoms. The molecule has 0 amide bonds. The van der Waals surface area contributed by atoms with Gasteiger partial charge in [-0.3, -0.25) is 4.90 Å². The predicted molar refractivity (Wildman–Crippen MR) is 81.9 cm³/mol. The molecule has 0 aromatic carbocycles. The highest BCUT2D eigenvalue weighted by molar-refractivity contribution is 5.65. The normalized spacial score (nSPS) is 25.9. The van der Waals surface area contributed by atoms with Crippen LogP contribution < -0.4 is 5.32 Å². The molecule has 0 unspecified atom stereocenters. The third-order valence-corrected chi connectivity index (χ3v) is 4.94. The van der Waals surface area contributed by atoms with E-state index in [0.29, 0.717) is 6.04 Å². The van der Waals surface area contributed by atoms with Gasteiger partial charge in [0.25, 0.3) is 0 Å². The van der Waals surface area contributed by atoms with Gasteiger partial charge in [0.15, 0.2) is 0 Å². The Kier molecular flexibility index (Phi) is 3.17. The number of piperidine rings is 1. The van der Waals surface area contributed by atoms with E-state index in [2.05, 4.69) is 26.9 Å². The molecule has 2 aliphatic heterocycles. The molecule has 2 fully saturated rings. The van der Waals surface area contributed by atoms with E-state index >= 15 is 0 Å². The van der Waals surface area contributed by atoms with E-state index in [-0.39, 0.29) is 0 Å². The van der Waals surface area contributed by atoms with Crippen LogP contribution in [0.25, 0.3) is 5.52 Å². The van der Waals surface area contributed by atoms with Crippen LogP contribution >= 0.6 is 0 Å². The quantitative estimate of drug-likeness (QED) is 0.915. The minimum Gasteiger partial charge on any atom is -0.322 e. The highest BCUT2D eigenvalue weighted by atomic mass is 15.2. The lowest BCUT2D eigenvalue weighted by Gasteiger charge is -2.24. The molecule has 0 aliphatic carbocycles. The van der Waals surface area contributed by atoms with Crippen LogP contribution in [0.4, 0.5) is 0 Å². The fourth-order valence-electron chi connectivity index (χ4n) is 3.93. The van der Waals surface area contributed by atoms with Crippen LogP contribution in [0.1, 0.15) is 24.0 Å². The number of hydrogen-bond donors (Lipinski definition) is 1. The topological polar surface area (TPSA) is 43.5 Å².